The van der Waals surface area contributed by atoms with E-state index in [4.69, 9.17) is 0 Å². The number of amides is 3. The lowest BCUT2D eigenvalue weighted by atomic mass is 10.2. The molecule has 0 spiro atoms. The van der Waals surface area contributed by atoms with Crippen molar-refractivity contribution in [3.63, 3.8) is 0 Å². The van der Waals surface area contributed by atoms with Gasteiger partial charge in [0, 0.05) is 26.1 Å². The van der Waals surface area contributed by atoms with Gasteiger partial charge in [0.1, 0.15) is 0 Å². The van der Waals surface area contributed by atoms with Crippen LogP contribution < -0.4 is 10.6 Å². The topological polar surface area (TPSA) is 61.4 Å². The van der Waals surface area contributed by atoms with Crippen molar-refractivity contribution in [3.05, 3.63) is 0 Å². The molecule has 90 valence electrons. The first kappa shape index (κ1) is 11.2. The average Bonchev–Trinajstić information content (AvgIpc) is 2.56. The maximum absolute atomic E-state index is 11.9. The molecular weight excluding hydrogens is 206 g/mol. The molecule has 2 fully saturated rings. The number of nitrogens with one attached hydrogen (secondary N) is 2. The molecule has 0 aromatic rings. The van der Waals surface area contributed by atoms with Crippen LogP contribution in [0.1, 0.15) is 32.1 Å². The highest BCUT2D eigenvalue weighted by Crippen LogP contribution is 2.10. The second kappa shape index (κ2) is 5.18. The van der Waals surface area contributed by atoms with E-state index >= 15 is 0 Å². The van der Waals surface area contributed by atoms with Crippen LogP contribution in [0, 0.1) is 0 Å². The van der Waals surface area contributed by atoms with Gasteiger partial charge in [0.15, 0.2) is 0 Å². The number of likely N-dealkylation sites (tertiary alicyclic amines) is 1. The molecule has 0 aromatic heterocycles. The third kappa shape index (κ3) is 2.87. The van der Waals surface area contributed by atoms with Gasteiger partial charge in [-0.1, -0.05) is 12.8 Å². The Hall–Kier alpha value is -1.26. The Morgan fingerprint density at radius 2 is 1.94 bits per heavy atom. The Kier molecular flexibility index (Phi) is 3.64. The van der Waals surface area contributed by atoms with Crippen LogP contribution in [0.3, 0.4) is 0 Å². The standard InChI is InChI=1S/C11H19N3O2/c15-10-7-9(8-12-10)13-11(16)14-5-3-1-2-4-6-14/h9H,1-8H2,(H,12,15)(H,13,16). The van der Waals surface area contributed by atoms with Crippen LogP contribution in [0.5, 0.6) is 0 Å². The molecule has 0 saturated carbocycles. The maximum Gasteiger partial charge on any atom is 0.317 e. The molecule has 5 nitrogen and oxygen atoms in total. The Labute approximate surface area is 95.6 Å². The highest BCUT2D eigenvalue weighted by molar-refractivity contribution is 5.81. The summed E-state index contributed by atoms with van der Waals surface area (Å²) in [6, 6.07) is -0.0355. The van der Waals surface area contributed by atoms with Gasteiger partial charge in [0.2, 0.25) is 5.91 Å². The number of nitrogens with zero attached hydrogens (tertiary/aromatic N) is 1. The zero-order valence-electron chi connectivity index (χ0n) is 9.50. The van der Waals surface area contributed by atoms with Crippen molar-refractivity contribution >= 4 is 11.9 Å². The van der Waals surface area contributed by atoms with Crippen LogP contribution in [-0.2, 0) is 4.79 Å². The first-order valence-electron chi connectivity index (χ1n) is 6.08. The molecular formula is C11H19N3O2. The SMILES string of the molecule is O=C1CC(NC(=O)N2CCCCCC2)CN1. The number of carbonyl (C=O) groups excluding carboxylic acids is 2. The number of hydrogen-bond acceptors (Lipinski definition) is 2. The summed E-state index contributed by atoms with van der Waals surface area (Å²) in [5, 5.41) is 5.63. The van der Waals surface area contributed by atoms with Crippen LogP contribution in [-0.4, -0.2) is 42.5 Å². The molecule has 5 heteroatoms. The van der Waals surface area contributed by atoms with Crippen LogP contribution in [0.15, 0.2) is 0 Å². The Morgan fingerprint density at radius 3 is 2.50 bits per heavy atom. The summed E-state index contributed by atoms with van der Waals surface area (Å²) in [5.74, 6) is 0.0289. The van der Waals surface area contributed by atoms with Crippen molar-refractivity contribution in [2.75, 3.05) is 19.6 Å². The summed E-state index contributed by atoms with van der Waals surface area (Å²) < 4.78 is 0. The lowest BCUT2D eigenvalue weighted by Crippen LogP contribution is -2.45. The van der Waals surface area contributed by atoms with E-state index < -0.39 is 0 Å². The Morgan fingerprint density at radius 1 is 1.25 bits per heavy atom. The van der Waals surface area contributed by atoms with Crippen LogP contribution >= 0.6 is 0 Å². The van der Waals surface area contributed by atoms with Crippen molar-refractivity contribution in [1.29, 1.82) is 0 Å². The van der Waals surface area contributed by atoms with E-state index in [-0.39, 0.29) is 18.0 Å². The average molecular weight is 225 g/mol. The lowest BCUT2D eigenvalue weighted by Gasteiger charge is -2.22. The predicted octanol–water partition coefficient (Wildman–Crippen LogP) is 0.460. The molecule has 2 N–H and O–H groups in total. The van der Waals surface area contributed by atoms with Gasteiger partial charge in [0.05, 0.1) is 6.04 Å². The molecule has 0 aliphatic carbocycles. The summed E-state index contributed by atoms with van der Waals surface area (Å²) in [7, 11) is 0. The number of hydrogen-bond donors (Lipinski definition) is 2. The van der Waals surface area contributed by atoms with E-state index in [9.17, 15) is 9.59 Å². The second-order valence-corrected chi connectivity index (χ2v) is 4.56. The molecule has 1 unspecified atom stereocenters. The van der Waals surface area contributed by atoms with Gasteiger partial charge in [-0.05, 0) is 12.8 Å². The summed E-state index contributed by atoms with van der Waals surface area (Å²) in [4.78, 5) is 24.8. The minimum Gasteiger partial charge on any atom is -0.354 e. The maximum atomic E-state index is 11.9. The van der Waals surface area contributed by atoms with Crippen molar-refractivity contribution in [2.45, 2.75) is 38.1 Å². The molecule has 0 bridgehead atoms. The summed E-state index contributed by atoms with van der Waals surface area (Å²) >= 11 is 0. The van der Waals surface area contributed by atoms with Crippen molar-refractivity contribution < 1.29 is 9.59 Å². The molecule has 3 amide bonds. The quantitative estimate of drug-likeness (QED) is 0.681. The van der Waals surface area contributed by atoms with E-state index in [0.717, 1.165) is 25.9 Å². The number of urea groups is 1. The predicted molar refractivity (Wildman–Crippen MR) is 60.0 cm³/mol. The highest BCUT2D eigenvalue weighted by atomic mass is 16.2. The first-order chi connectivity index (χ1) is 7.75. The van der Waals surface area contributed by atoms with Gasteiger partial charge in [0.25, 0.3) is 0 Å². The smallest absolute Gasteiger partial charge is 0.317 e. The van der Waals surface area contributed by atoms with Crippen LogP contribution in [0.2, 0.25) is 0 Å². The van der Waals surface area contributed by atoms with Gasteiger partial charge in [-0.3, -0.25) is 4.79 Å². The second-order valence-electron chi connectivity index (χ2n) is 4.56. The largest absolute Gasteiger partial charge is 0.354 e. The molecule has 16 heavy (non-hydrogen) atoms. The van der Waals surface area contributed by atoms with E-state index in [1.165, 1.54) is 12.8 Å². The molecule has 0 aromatic carbocycles. The third-order valence-electron chi connectivity index (χ3n) is 3.20. The number of carbonyl (C=O) groups is 2. The molecule has 2 saturated heterocycles. The third-order valence-corrected chi connectivity index (χ3v) is 3.20. The zero-order chi connectivity index (χ0) is 11.4. The molecule has 2 heterocycles. The van der Waals surface area contributed by atoms with Gasteiger partial charge in [-0.2, -0.15) is 0 Å². The minimum absolute atomic E-state index is 0.0107. The van der Waals surface area contributed by atoms with E-state index in [0.29, 0.717) is 13.0 Å². The van der Waals surface area contributed by atoms with E-state index in [2.05, 4.69) is 10.6 Å². The zero-order valence-corrected chi connectivity index (χ0v) is 9.50. The molecule has 1 atom stereocenters. The fraction of sp³-hybridized carbons (Fsp3) is 0.818. The highest BCUT2D eigenvalue weighted by Gasteiger charge is 2.25. The van der Waals surface area contributed by atoms with E-state index in [1.807, 2.05) is 4.90 Å². The molecule has 0 radical (unpaired) electrons. The summed E-state index contributed by atoms with van der Waals surface area (Å²) in [6.07, 6.45) is 5.03. The van der Waals surface area contributed by atoms with Crippen LogP contribution in [0.25, 0.3) is 0 Å². The van der Waals surface area contributed by atoms with E-state index in [1.54, 1.807) is 0 Å². The van der Waals surface area contributed by atoms with Crippen molar-refractivity contribution in [2.24, 2.45) is 0 Å². The monoisotopic (exact) mass is 225 g/mol. The lowest BCUT2D eigenvalue weighted by molar-refractivity contribution is -0.119. The van der Waals surface area contributed by atoms with Crippen LogP contribution in [0.4, 0.5) is 4.79 Å². The molecule has 2 rings (SSSR count). The number of rotatable bonds is 1. The minimum atomic E-state index is -0.0248. The van der Waals surface area contributed by atoms with Crippen molar-refractivity contribution in [3.8, 4) is 0 Å². The van der Waals surface area contributed by atoms with Gasteiger partial charge in [-0.15, -0.1) is 0 Å². The first-order valence-corrected chi connectivity index (χ1v) is 6.08. The fourth-order valence-electron chi connectivity index (χ4n) is 2.25. The van der Waals surface area contributed by atoms with Gasteiger partial charge in [-0.25, -0.2) is 4.79 Å². The Bertz CT molecular complexity index is 272. The summed E-state index contributed by atoms with van der Waals surface area (Å²) in [5.41, 5.74) is 0. The van der Waals surface area contributed by atoms with Gasteiger partial charge < -0.3 is 15.5 Å². The fourth-order valence-corrected chi connectivity index (χ4v) is 2.25. The van der Waals surface area contributed by atoms with Gasteiger partial charge >= 0.3 is 6.03 Å². The Balaban J connectivity index is 1.79. The van der Waals surface area contributed by atoms with Crippen molar-refractivity contribution in [1.82, 2.24) is 15.5 Å². The normalized spacial score (nSPS) is 26.1. The summed E-state index contributed by atoms with van der Waals surface area (Å²) in [6.45, 7) is 2.26. The molecule has 2 aliphatic rings. The molecule has 2 aliphatic heterocycles.